The van der Waals surface area contributed by atoms with E-state index in [1.54, 1.807) is 7.11 Å². The monoisotopic (exact) mass is 464 g/mol. The number of rotatable bonds is 6. The van der Waals surface area contributed by atoms with Crippen LogP contribution in [0.15, 0.2) is 35.7 Å². The molecule has 1 aromatic carbocycles. The van der Waals surface area contributed by atoms with Gasteiger partial charge in [0.25, 0.3) is 0 Å². The van der Waals surface area contributed by atoms with Gasteiger partial charge in [0.1, 0.15) is 0 Å². The van der Waals surface area contributed by atoms with Crippen molar-refractivity contribution in [2.75, 3.05) is 31.6 Å². The number of aryl methyl sites for hydroxylation is 1. The van der Waals surface area contributed by atoms with Gasteiger partial charge < -0.3 is 14.4 Å². The maximum Gasteiger partial charge on any atom is 0.229 e. The first kappa shape index (κ1) is 22.2. The molecule has 2 aliphatic heterocycles. The third kappa shape index (κ3) is 4.84. The Balaban J connectivity index is 1.47. The molecule has 2 aromatic heterocycles. The van der Waals surface area contributed by atoms with Crippen LogP contribution in [-0.4, -0.2) is 41.6 Å². The molecule has 4 heterocycles. The summed E-state index contributed by atoms with van der Waals surface area (Å²) in [4.78, 5) is 16.2. The van der Waals surface area contributed by atoms with Crippen molar-refractivity contribution in [1.29, 1.82) is 0 Å². The number of piperidine rings is 1. The van der Waals surface area contributed by atoms with Gasteiger partial charge >= 0.3 is 0 Å². The molecule has 0 spiro atoms. The minimum Gasteiger partial charge on any atom is -0.493 e. The summed E-state index contributed by atoms with van der Waals surface area (Å²) < 4.78 is 12.0. The van der Waals surface area contributed by atoms with Gasteiger partial charge in [-0.2, -0.15) is 4.98 Å². The minimum absolute atomic E-state index is 0.658. The molecule has 0 radical (unpaired) electrons. The van der Waals surface area contributed by atoms with Crippen molar-refractivity contribution < 1.29 is 9.47 Å². The van der Waals surface area contributed by atoms with Crippen molar-refractivity contribution in [3.63, 3.8) is 0 Å². The summed E-state index contributed by atoms with van der Waals surface area (Å²) in [6, 6.07) is 9.97. The molecular weight excluding hydrogens is 432 g/mol. The number of hydrogen-bond acceptors (Lipinski definition) is 7. The van der Waals surface area contributed by atoms with E-state index >= 15 is 0 Å². The van der Waals surface area contributed by atoms with Crippen LogP contribution in [0.1, 0.15) is 41.5 Å². The molecule has 1 saturated heterocycles. The molecule has 6 nitrogen and oxygen atoms in total. The molecule has 2 aliphatic rings. The van der Waals surface area contributed by atoms with Crippen LogP contribution in [0.3, 0.4) is 0 Å². The molecule has 33 heavy (non-hydrogen) atoms. The van der Waals surface area contributed by atoms with Gasteiger partial charge in [-0.3, -0.25) is 4.90 Å². The summed E-state index contributed by atoms with van der Waals surface area (Å²) in [6.45, 7) is 9.23. The molecular formula is C26H32N4O2S. The summed E-state index contributed by atoms with van der Waals surface area (Å²) in [5.41, 5.74) is 3.57. The van der Waals surface area contributed by atoms with E-state index in [4.69, 9.17) is 19.4 Å². The number of methoxy groups -OCH3 is 1. The topological polar surface area (TPSA) is 50.7 Å². The molecule has 7 heteroatoms. The standard InChI is InChI=1S/C26H32N4O2S/c1-18-8-13-30(14-9-18)26-27-21-10-12-29(17-24-19(2)11-15-33-24)16-20(21)25(28-26)32-23-7-5-4-6-22(23)31-3/h4-7,11,15,18H,8-10,12-14,16-17H2,1-3H3. The van der Waals surface area contributed by atoms with Crippen LogP contribution in [0.5, 0.6) is 17.4 Å². The van der Waals surface area contributed by atoms with E-state index in [0.717, 1.165) is 62.3 Å². The number of ether oxygens (including phenoxy) is 2. The second kappa shape index (κ2) is 9.69. The Morgan fingerprint density at radius 3 is 2.58 bits per heavy atom. The Kier molecular flexibility index (Phi) is 6.51. The summed E-state index contributed by atoms with van der Waals surface area (Å²) in [5.74, 6) is 3.61. The van der Waals surface area contributed by atoms with Crippen LogP contribution in [-0.2, 0) is 19.5 Å². The number of benzene rings is 1. The van der Waals surface area contributed by atoms with E-state index in [-0.39, 0.29) is 0 Å². The molecule has 174 valence electrons. The molecule has 0 atom stereocenters. The van der Waals surface area contributed by atoms with Crippen molar-refractivity contribution >= 4 is 17.3 Å². The van der Waals surface area contributed by atoms with Crippen LogP contribution in [0.25, 0.3) is 0 Å². The van der Waals surface area contributed by atoms with Gasteiger partial charge in [0, 0.05) is 44.0 Å². The lowest BCUT2D eigenvalue weighted by Gasteiger charge is -2.33. The molecule has 0 bridgehead atoms. The zero-order valence-electron chi connectivity index (χ0n) is 19.7. The fraction of sp³-hybridized carbons (Fsp3) is 0.462. The minimum atomic E-state index is 0.658. The van der Waals surface area contributed by atoms with E-state index < -0.39 is 0 Å². The highest BCUT2D eigenvalue weighted by atomic mass is 32.1. The number of anilines is 1. The highest BCUT2D eigenvalue weighted by Gasteiger charge is 2.27. The van der Waals surface area contributed by atoms with Crippen LogP contribution >= 0.6 is 11.3 Å². The van der Waals surface area contributed by atoms with E-state index in [0.29, 0.717) is 17.4 Å². The van der Waals surface area contributed by atoms with Gasteiger partial charge in [0.2, 0.25) is 11.8 Å². The third-order valence-corrected chi connectivity index (χ3v) is 7.77. The lowest BCUT2D eigenvalue weighted by molar-refractivity contribution is 0.239. The number of hydrogen-bond donors (Lipinski definition) is 0. The lowest BCUT2D eigenvalue weighted by atomic mass is 9.99. The van der Waals surface area contributed by atoms with Crippen molar-refractivity contribution in [3.8, 4) is 17.4 Å². The first-order valence-corrected chi connectivity index (χ1v) is 12.7. The van der Waals surface area contributed by atoms with Crippen LogP contribution < -0.4 is 14.4 Å². The number of aromatic nitrogens is 2. The van der Waals surface area contributed by atoms with Crippen molar-refractivity contribution in [2.24, 2.45) is 5.92 Å². The molecule has 0 amide bonds. The zero-order valence-corrected chi connectivity index (χ0v) is 20.5. The quantitative estimate of drug-likeness (QED) is 0.484. The van der Waals surface area contributed by atoms with Gasteiger partial charge in [-0.05, 0) is 54.8 Å². The highest BCUT2D eigenvalue weighted by Crippen LogP contribution is 2.36. The summed E-state index contributed by atoms with van der Waals surface area (Å²) in [6.07, 6.45) is 3.26. The maximum absolute atomic E-state index is 6.43. The van der Waals surface area contributed by atoms with E-state index in [1.165, 1.54) is 23.3 Å². The number of para-hydroxylation sites is 2. The average molecular weight is 465 g/mol. The van der Waals surface area contributed by atoms with Gasteiger partial charge in [-0.25, -0.2) is 4.98 Å². The largest absolute Gasteiger partial charge is 0.493 e. The normalized spacial score (nSPS) is 17.1. The first-order chi connectivity index (χ1) is 16.1. The number of fused-ring (bicyclic) bond motifs is 1. The maximum atomic E-state index is 6.43. The van der Waals surface area contributed by atoms with Crippen LogP contribution in [0.4, 0.5) is 5.95 Å². The second-order valence-corrected chi connectivity index (χ2v) is 10.2. The Morgan fingerprint density at radius 1 is 1.06 bits per heavy atom. The fourth-order valence-corrected chi connectivity index (χ4v) is 5.52. The molecule has 0 aliphatic carbocycles. The van der Waals surface area contributed by atoms with Crippen molar-refractivity contribution in [1.82, 2.24) is 14.9 Å². The van der Waals surface area contributed by atoms with Gasteiger partial charge in [-0.15, -0.1) is 11.3 Å². The predicted octanol–water partition coefficient (Wildman–Crippen LogP) is 5.44. The Labute approximate surface area is 200 Å². The lowest BCUT2D eigenvalue weighted by Crippen LogP contribution is -2.36. The average Bonchev–Trinajstić information content (AvgIpc) is 3.24. The smallest absolute Gasteiger partial charge is 0.229 e. The van der Waals surface area contributed by atoms with E-state index in [2.05, 4.69) is 35.1 Å². The molecule has 1 fully saturated rings. The second-order valence-electron chi connectivity index (χ2n) is 9.16. The highest BCUT2D eigenvalue weighted by molar-refractivity contribution is 7.10. The third-order valence-electron chi connectivity index (χ3n) is 6.77. The van der Waals surface area contributed by atoms with Gasteiger partial charge in [0.05, 0.1) is 18.4 Å². The molecule has 0 unspecified atom stereocenters. The Hall–Kier alpha value is -2.64. The zero-order chi connectivity index (χ0) is 22.8. The van der Waals surface area contributed by atoms with Gasteiger partial charge in [0.15, 0.2) is 11.5 Å². The summed E-state index contributed by atoms with van der Waals surface area (Å²) in [5, 5.41) is 2.17. The first-order valence-electron chi connectivity index (χ1n) is 11.8. The number of thiophene rings is 1. The Bertz CT molecular complexity index is 1110. The predicted molar refractivity (Wildman–Crippen MR) is 133 cm³/mol. The van der Waals surface area contributed by atoms with E-state index in [1.807, 2.05) is 35.6 Å². The van der Waals surface area contributed by atoms with Crippen molar-refractivity contribution in [2.45, 2.75) is 46.2 Å². The molecule has 0 N–H and O–H groups in total. The number of nitrogens with zero attached hydrogens (tertiary/aromatic N) is 4. The van der Waals surface area contributed by atoms with Crippen molar-refractivity contribution in [3.05, 3.63) is 57.4 Å². The Morgan fingerprint density at radius 2 is 1.85 bits per heavy atom. The SMILES string of the molecule is COc1ccccc1Oc1nc(N2CCC(C)CC2)nc2c1CN(Cc1sccc1C)CC2. The molecule has 3 aromatic rings. The van der Waals surface area contributed by atoms with E-state index in [9.17, 15) is 0 Å². The van der Waals surface area contributed by atoms with Crippen LogP contribution in [0.2, 0.25) is 0 Å². The molecule has 5 rings (SSSR count). The fourth-order valence-electron chi connectivity index (χ4n) is 4.57. The van der Waals surface area contributed by atoms with Crippen LogP contribution in [0, 0.1) is 12.8 Å². The molecule has 0 saturated carbocycles. The summed E-state index contributed by atoms with van der Waals surface area (Å²) >= 11 is 1.83. The van der Waals surface area contributed by atoms with Gasteiger partial charge in [-0.1, -0.05) is 19.1 Å². The summed E-state index contributed by atoms with van der Waals surface area (Å²) in [7, 11) is 1.67.